The van der Waals surface area contributed by atoms with Crippen LogP contribution in [-0.2, 0) is 19.5 Å². The van der Waals surface area contributed by atoms with Crippen LogP contribution in [0.15, 0.2) is 47.3 Å². The summed E-state index contributed by atoms with van der Waals surface area (Å²) in [5.74, 6) is -0.182. The third-order valence-corrected chi connectivity index (χ3v) is 4.76. The zero-order valence-electron chi connectivity index (χ0n) is 14.5. The maximum Gasteiger partial charge on any atom is 0.255 e. The highest BCUT2D eigenvalue weighted by atomic mass is 16.3. The maximum absolute atomic E-state index is 12.6. The van der Waals surface area contributed by atoms with Gasteiger partial charge >= 0.3 is 0 Å². The molecule has 7 nitrogen and oxygen atoms in total. The number of H-pyrrole nitrogens is 1. The number of phenols is 3. The summed E-state index contributed by atoms with van der Waals surface area (Å²) in [6.45, 7) is 1.41. The lowest BCUT2D eigenvalue weighted by atomic mass is 10.0. The molecule has 0 atom stereocenters. The van der Waals surface area contributed by atoms with E-state index in [9.17, 15) is 20.1 Å². The van der Waals surface area contributed by atoms with E-state index in [-0.39, 0.29) is 22.8 Å². The monoisotopic (exact) mass is 365 g/mol. The maximum atomic E-state index is 12.6. The molecular formula is C20H19N3O4. The van der Waals surface area contributed by atoms with Gasteiger partial charge in [-0.15, -0.1) is 0 Å². The third-order valence-electron chi connectivity index (χ3n) is 4.76. The summed E-state index contributed by atoms with van der Waals surface area (Å²) in [6.07, 6.45) is 0.615. The summed E-state index contributed by atoms with van der Waals surface area (Å²) in [7, 11) is 0. The predicted octanol–water partition coefficient (Wildman–Crippen LogP) is 2.11. The topological polar surface area (TPSA) is 110 Å². The molecule has 4 N–H and O–H groups in total. The zero-order valence-corrected chi connectivity index (χ0v) is 14.5. The molecule has 0 aliphatic carbocycles. The first-order valence-electron chi connectivity index (χ1n) is 8.65. The van der Waals surface area contributed by atoms with E-state index in [1.807, 2.05) is 35.2 Å². The van der Waals surface area contributed by atoms with E-state index in [0.29, 0.717) is 43.0 Å². The van der Waals surface area contributed by atoms with Gasteiger partial charge in [-0.25, -0.2) is 4.98 Å². The Morgan fingerprint density at radius 2 is 1.78 bits per heavy atom. The number of phenolic OH excluding ortho intramolecular Hbond substituents is 3. The van der Waals surface area contributed by atoms with Gasteiger partial charge in [0, 0.05) is 43.2 Å². The predicted molar refractivity (Wildman–Crippen MR) is 99.5 cm³/mol. The molecule has 0 radical (unpaired) electrons. The molecule has 27 heavy (non-hydrogen) atoms. The fourth-order valence-electron chi connectivity index (χ4n) is 3.33. The molecule has 4 rings (SSSR count). The van der Waals surface area contributed by atoms with Gasteiger partial charge in [-0.05, 0) is 6.07 Å². The van der Waals surface area contributed by atoms with Crippen LogP contribution >= 0.6 is 0 Å². The number of aromatic nitrogens is 2. The first kappa shape index (κ1) is 17.1. The third kappa shape index (κ3) is 3.37. The second-order valence-corrected chi connectivity index (χ2v) is 6.64. The molecule has 0 unspecified atom stereocenters. The largest absolute Gasteiger partial charge is 0.507 e. The minimum Gasteiger partial charge on any atom is -0.507 e. The summed E-state index contributed by atoms with van der Waals surface area (Å²) >= 11 is 0. The van der Waals surface area contributed by atoms with E-state index < -0.39 is 0 Å². The van der Waals surface area contributed by atoms with Gasteiger partial charge < -0.3 is 20.3 Å². The van der Waals surface area contributed by atoms with E-state index >= 15 is 0 Å². The molecule has 0 spiro atoms. The molecule has 0 fully saturated rings. The molecule has 0 bridgehead atoms. The fourth-order valence-corrected chi connectivity index (χ4v) is 3.33. The van der Waals surface area contributed by atoms with Crippen LogP contribution in [0, 0.1) is 0 Å². The Labute approximate surface area is 155 Å². The lowest BCUT2D eigenvalue weighted by Crippen LogP contribution is -2.35. The van der Waals surface area contributed by atoms with Crippen molar-refractivity contribution < 1.29 is 15.3 Å². The van der Waals surface area contributed by atoms with E-state index in [0.717, 1.165) is 17.3 Å². The van der Waals surface area contributed by atoms with Gasteiger partial charge in [0.25, 0.3) is 5.56 Å². The summed E-state index contributed by atoms with van der Waals surface area (Å²) < 4.78 is 0. The van der Waals surface area contributed by atoms with Gasteiger partial charge in [0.15, 0.2) is 11.5 Å². The van der Waals surface area contributed by atoms with Crippen molar-refractivity contribution in [1.29, 1.82) is 0 Å². The molecule has 3 aromatic rings. The van der Waals surface area contributed by atoms with Crippen molar-refractivity contribution in [2.75, 3.05) is 6.54 Å². The Bertz CT molecular complexity index is 1050. The number of hydrogen-bond donors (Lipinski definition) is 4. The van der Waals surface area contributed by atoms with Crippen LogP contribution in [0.1, 0.15) is 16.8 Å². The smallest absolute Gasteiger partial charge is 0.255 e. The highest BCUT2D eigenvalue weighted by molar-refractivity contribution is 5.55. The van der Waals surface area contributed by atoms with Gasteiger partial charge in [0.2, 0.25) is 0 Å². The van der Waals surface area contributed by atoms with E-state index in [1.165, 1.54) is 6.07 Å². The Kier molecular flexibility index (Phi) is 4.29. The lowest BCUT2D eigenvalue weighted by Gasteiger charge is -2.28. The van der Waals surface area contributed by atoms with Crippen molar-refractivity contribution >= 4 is 0 Å². The molecule has 1 aromatic heterocycles. The number of rotatable bonds is 3. The first-order chi connectivity index (χ1) is 13.0. The van der Waals surface area contributed by atoms with Gasteiger partial charge in [0.1, 0.15) is 11.6 Å². The van der Waals surface area contributed by atoms with Crippen LogP contribution in [0.2, 0.25) is 0 Å². The summed E-state index contributed by atoms with van der Waals surface area (Å²) in [6, 6.07) is 12.0. The zero-order chi connectivity index (χ0) is 19.0. The van der Waals surface area contributed by atoms with Gasteiger partial charge in [-0.3, -0.25) is 9.69 Å². The van der Waals surface area contributed by atoms with Crippen molar-refractivity contribution in [3.05, 3.63) is 69.6 Å². The van der Waals surface area contributed by atoms with Crippen molar-refractivity contribution in [1.82, 2.24) is 14.9 Å². The van der Waals surface area contributed by atoms with Gasteiger partial charge in [-0.1, -0.05) is 30.3 Å². The Hall–Kier alpha value is -3.32. The Balaban J connectivity index is 1.59. The molecule has 138 valence electrons. The average Bonchev–Trinajstić information content (AvgIpc) is 2.67. The van der Waals surface area contributed by atoms with Crippen LogP contribution in [0.3, 0.4) is 0 Å². The number of benzene rings is 2. The number of nitrogens with zero attached hydrogens (tertiary/aromatic N) is 2. The van der Waals surface area contributed by atoms with E-state index in [2.05, 4.69) is 9.97 Å². The highest BCUT2D eigenvalue weighted by Gasteiger charge is 2.22. The molecule has 1 aliphatic rings. The molecule has 0 saturated carbocycles. The molecule has 0 amide bonds. The summed E-state index contributed by atoms with van der Waals surface area (Å²) in [4.78, 5) is 22.0. The Morgan fingerprint density at radius 3 is 2.56 bits per heavy atom. The van der Waals surface area contributed by atoms with Crippen LogP contribution in [0.5, 0.6) is 17.2 Å². The molecule has 1 aliphatic heterocycles. The first-order valence-corrected chi connectivity index (χ1v) is 8.65. The number of hydrogen-bond acceptors (Lipinski definition) is 6. The SMILES string of the molecule is O=c1[nH]c(-c2ccccc2)nc2c1CN(Cc1cc(O)c(O)cc1O)CC2. The van der Waals surface area contributed by atoms with E-state index in [4.69, 9.17) is 0 Å². The number of aromatic hydroxyl groups is 3. The second-order valence-electron chi connectivity index (χ2n) is 6.64. The van der Waals surface area contributed by atoms with Crippen molar-refractivity contribution in [3.63, 3.8) is 0 Å². The second kappa shape index (κ2) is 6.77. The van der Waals surface area contributed by atoms with Gasteiger partial charge in [-0.2, -0.15) is 0 Å². The molecular weight excluding hydrogens is 346 g/mol. The van der Waals surface area contributed by atoms with Crippen LogP contribution < -0.4 is 5.56 Å². The number of fused-ring (bicyclic) bond motifs is 1. The number of aromatic amines is 1. The summed E-state index contributed by atoms with van der Waals surface area (Å²) in [5.41, 5.74) is 2.58. The van der Waals surface area contributed by atoms with E-state index in [1.54, 1.807) is 0 Å². The van der Waals surface area contributed by atoms with Crippen molar-refractivity contribution in [2.24, 2.45) is 0 Å². The fraction of sp³-hybridized carbons (Fsp3) is 0.200. The molecule has 0 saturated heterocycles. The molecule has 7 heteroatoms. The van der Waals surface area contributed by atoms with Gasteiger partial charge in [0.05, 0.1) is 11.3 Å². The minimum atomic E-state index is -0.366. The minimum absolute atomic E-state index is 0.0949. The summed E-state index contributed by atoms with van der Waals surface area (Å²) in [5, 5.41) is 29.1. The van der Waals surface area contributed by atoms with Crippen molar-refractivity contribution in [3.8, 4) is 28.6 Å². The van der Waals surface area contributed by atoms with Crippen molar-refractivity contribution in [2.45, 2.75) is 19.5 Å². The van der Waals surface area contributed by atoms with Crippen LogP contribution in [0.4, 0.5) is 0 Å². The van der Waals surface area contributed by atoms with Crippen LogP contribution in [-0.4, -0.2) is 36.7 Å². The average molecular weight is 365 g/mol. The number of nitrogens with one attached hydrogen (secondary N) is 1. The lowest BCUT2D eigenvalue weighted by molar-refractivity contribution is 0.238. The van der Waals surface area contributed by atoms with Crippen LogP contribution in [0.25, 0.3) is 11.4 Å². The normalized spacial score (nSPS) is 14.1. The molecule has 2 aromatic carbocycles. The molecule has 2 heterocycles. The highest BCUT2D eigenvalue weighted by Crippen LogP contribution is 2.33. The standard InChI is InChI=1S/C20H19N3O4/c24-16-9-18(26)17(25)8-13(16)10-23-7-6-15-14(11-23)20(27)22-19(21-15)12-4-2-1-3-5-12/h1-5,8-9,24-26H,6-7,10-11H2,(H,21,22,27). The quantitative estimate of drug-likeness (QED) is 0.418. The Morgan fingerprint density at radius 1 is 1.04 bits per heavy atom.